The molecule has 0 radical (unpaired) electrons. The summed E-state index contributed by atoms with van der Waals surface area (Å²) in [5.74, 6) is 0. The van der Waals surface area contributed by atoms with Crippen LogP contribution in [0.25, 0.3) is 0 Å². The minimum absolute atomic E-state index is 0.268. The molecule has 1 aliphatic rings. The normalized spacial score (nSPS) is 15.7. The molecule has 0 aromatic heterocycles. The van der Waals surface area contributed by atoms with Gasteiger partial charge in [-0.05, 0) is 43.3 Å². The second kappa shape index (κ2) is 8.73. The van der Waals surface area contributed by atoms with Crippen molar-refractivity contribution in [1.29, 1.82) is 0 Å². The average molecular weight is 390 g/mol. The Morgan fingerprint density at radius 3 is 2.19 bits per heavy atom. The summed E-state index contributed by atoms with van der Waals surface area (Å²) in [4.78, 5) is 4.98. The van der Waals surface area contributed by atoms with Crippen LogP contribution in [0.1, 0.15) is 5.56 Å². The third-order valence-electron chi connectivity index (χ3n) is 4.80. The Balaban J connectivity index is 1.60. The number of aryl methyl sites for hydroxylation is 1. The van der Waals surface area contributed by atoms with E-state index in [-0.39, 0.29) is 4.90 Å². The number of sulfonamides is 1. The van der Waals surface area contributed by atoms with Gasteiger partial charge in [-0.3, -0.25) is 9.62 Å². The molecule has 2 aromatic carbocycles. The second-order valence-corrected chi connectivity index (χ2v) is 8.47. The Morgan fingerprint density at radius 2 is 1.59 bits per heavy atom. The molecule has 3 rings (SSSR count). The van der Waals surface area contributed by atoms with Crippen molar-refractivity contribution in [2.75, 3.05) is 56.1 Å². The first-order chi connectivity index (χ1) is 13.0. The van der Waals surface area contributed by atoms with Gasteiger partial charge in [0.25, 0.3) is 10.0 Å². The Kier molecular flexibility index (Phi) is 6.36. The van der Waals surface area contributed by atoms with E-state index in [4.69, 9.17) is 4.74 Å². The molecule has 7 heteroatoms. The van der Waals surface area contributed by atoms with Crippen molar-refractivity contribution < 1.29 is 13.2 Å². The number of hydrogen-bond donors (Lipinski definition) is 1. The van der Waals surface area contributed by atoms with Crippen LogP contribution in [0.4, 0.5) is 11.4 Å². The zero-order valence-corrected chi connectivity index (χ0v) is 16.7. The number of piperazine rings is 1. The van der Waals surface area contributed by atoms with Gasteiger partial charge in [0.05, 0.1) is 11.5 Å². The summed E-state index contributed by atoms with van der Waals surface area (Å²) in [6.07, 6.45) is 0. The van der Waals surface area contributed by atoms with Crippen LogP contribution in [-0.4, -0.2) is 59.8 Å². The second-order valence-electron chi connectivity index (χ2n) is 6.79. The van der Waals surface area contributed by atoms with E-state index in [0.29, 0.717) is 5.69 Å². The van der Waals surface area contributed by atoms with Crippen LogP contribution in [0.2, 0.25) is 0 Å². The predicted molar refractivity (Wildman–Crippen MR) is 109 cm³/mol. The number of benzene rings is 2. The van der Waals surface area contributed by atoms with E-state index in [2.05, 4.69) is 14.5 Å². The SMILES string of the molecule is COCCN1CCN(c2ccc(NS(=O)(=O)c3ccc(C)cc3)cc2)CC1. The van der Waals surface area contributed by atoms with Gasteiger partial charge in [0.15, 0.2) is 0 Å². The van der Waals surface area contributed by atoms with Gasteiger partial charge >= 0.3 is 0 Å². The molecule has 0 amide bonds. The summed E-state index contributed by atoms with van der Waals surface area (Å²) in [6, 6.07) is 14.4. The highest BCUT2D eigenvalue weighted by Gasteiger charge is 2.17. The predicted octanol–water partition coefficient (Wildman–Crippen LogP) is 2.56. The number of rotatable bonds is 7. The van der Waals surface area contributed by atoms with Crippen LogP contribution in [-0.2, 0) is 14.8 Å². The lowest BCUT2D eigenvalue weighted by Crippen LogP contribution is -2.47. The molecule has 1 heterocycles. The summed E-state index contributed by atoms with van der Waals surface area (Å²) >= 11 is 0. The third-order valence-corrected chi connectivity index (χ3v) is 6.20. The van der Waals surface area contributed by atoms with Crippen LogP contribution in [0.15, 0.2) is 53.4 Å². The quantitative estimate of drug-likeness (QED) is 0.789. The summed E-state index contributed by atoms with van der Waals surface area (Å²) in [7, 11) is -1.84. The fourth-order valence-corrected chi connectivity index (χ4v) is 4.18. The molecule has 0 atom stereocenters. The lowest BCUT2D eigenvalue weighted by molar-refractivity contribution is 0.144. The van der Waals surface area contributed by atoms with Gasteiger partial charge in [0.2, 0.25) is 0 Å². The third kappa shape index (κ3) is 5.22. The van der Waals surface area contributed by atoms with Crippen LogP contribution in [0, 0.1) is 6.92 Å². The molecule has 0 bridgehead atoms. The summed E-state index contributed by atoms with van der Waals surface area (Å²) < 4.78 is 32.8. The first-order valence-electron chi connectivity index (χ1n) is 9.14. The van der Waals surface area contributed by atoms with Gasteiger partial charge in [-0.25, -0.2) is 8.42 Å². The first-order valence-corrected chi connectivity index (χ1v) is 10.6. The Bertz CT molecular complexity index is 828. The maximum Gasteiger partial charge on any atom is 0.261 e. The van der Waals surface area contributed by atoms with Crippen LogP contribution < -0.4 is 9.62 Å². The van der Waals surface area contributed by atoms with Gasteiger partial charge in [-0.1, -0.05) is 17.7 Å². The molecule has 1 aliphatic heterocycles. The van der Waals surface area contributed by atoms with Gasteiger partial charge in [0.1, 0.15) is 0 Å². The van der Waals surface area contributed by atoms with Crippen molar-refractivity contribution in [3.05, 3.63) is 54.1 Å². The average Bonchev–Trinajstić information content (AvgIpc) is 2.67. The van der Waals surface area contributed by atoms with Gasteiger partial charge < -0.3 is 9.64 Å². The number of nitrogens with one attached hydrogen (secondary N) is 1. The molecule has 2 aromatic rings. The van der Waals surface area contributed by atoms with E-state index in [0.717, 1.165) is 50.6 Å². The van der Waals surface area contributed by atoms with Crippen molar-refractivity contribution in [3.8, 4) is 0 Å². The minimum Gasteiger partial charge on any atom is -0.383 e. The van der Waals surface area contributed by atoms with Crippen molar-refractivity contribution in [3.63, 3.8) is 0 Å². The van der Waals surface area contributed by atoms with E-state index in [9.17, 15) is 8.42 Å². The van der Waals surface area contributed by atoms with Gasteiger partial charge in [-0.2, -0.15) is 0 Å². The van der Waals surface area contributed by atoms with Crippen LogP contribution in [0.3, 0.4) is 0 Å². The number of anilines is 2. The smallest absolute Gasteiger partial charge is 0.261 e. The maximum atomic E-state index is 12.5. The number of hydrogen-bond acceptors (Lipinski definition) is 5. The van der Waals surface area contributed by atoms with E-state index in [1.54, 1.807) is 31.4 Å². The Morgan fingerprint density at radius 1 is 0.963 bits per heavy atom. The van der Waals surface area contributed by atoms with Crippen LogP contribution in [0.5, 0.6) is 0 Å². The first kappa shape index (κ1) is 19.7. The molecule has 0 aliphatic carbocycles. The summed E-state index contributed by atoms with van der Waals surface area (Å²) in [5, 5.41) is 0. The lowest BCUT2D eigenvalue weighted by Gasteiger charge is -2.36. The molecule has 27 heavy (non-hydrogen) atoms. The molecule has 146 valence electrons. The highest BCUT2D eigenvalue weighted by molar-refractivity contribution is 7.92. The minimum atomic E-state index is -3.57. The maximum absolute atomic E-state index is 12.5. The fourth-order valence-electron chi connectivity index (χ4n) is 3.12. The lowest BCUT2D eigenvalue weighted by atomic mass is 10.2. The standard InChI is InChI=1S/C20H27N3O3S/c1-17-3-9-20(10-4-17)27(24,25)21-18-5-7-19(8-6-18)23-13-11-22(12-14-23)15-16-26-2/h3-10,21H,11-16H2,1-2H3. The Hall–Kier alpha value is -2.09. The summed E-state index contributed by atoms with van der Waals surface area (Å²) in [5.41, 5.74) is 2.71. The fraction of sp³-hybridized carbons (Fsp3) is 0.400. The zero-order valence-electron chi connectivity index (χ0n) is 15.9. The molecular formula is C20H27N3O3S. The van der Waals surface area contributed by atoms with E-state index >= 15 is 0 Å². The van der Waals surface area contributed by atoms with Crippen molar-refractivity contribution in [2.45, 2.75) is 11.8 Å². The molecule has 1 fully saturated rings. The molecule has 1 N–H and O–H groups in total. The van der Waals surface area contributed by atoms with Crippen molar-refractivity contribution in [2.24, 2.45) is 0 Å². The highest BCUT2D eigenvalue weighted by atomic mass is 32.2. The van der Waals surface area contributed by atoms with E-state index < -0.39 is 10.0 Å². The van der Waals surface area contributed by atoms with Gasteiger partial charge in [0, 0.05) is 51.2 Å². The van der Waals surface area contributed by atoms with E-state index in [1.807, 2.05) is 31.2 Å². The molecule has 1 saturated heterocycles. The topological polar surface area (TPSA) is 61.9 Å². The largest absolute Gasteiger partial charge is 0.383 e. The molecule has 0 unspecified atom stereocenters. The van der Waals surface area contributed by atoms with E-state index in [1.165, 1.54) is 0 Å². The van der Waals surface area contributed by atoms with Gasteiger partial charge in [-0.15, -0.1) is 0 Å². The van der Waals surface area contributed by atoms with Crippen molar-refractivity contribution in [1.82, 2.24) is 4.90 Å². The molecule has 0 spiro atoms. The summed E-state index contributed by atoms with van der Waals surface area (Å²) in [6.45, 7) is 7.58. The molecule has 6 nitrogen and oxygen atoms in total. The van der Waals surface area contributed by atoms with Crippen molar-refractivity contribution >= 4 is 21.4 Å². The monoisotopic (exact) mass is 389 g/mol. The number of nitrogens with zero attached hydrogens (tertiary/aromatic N) is 2. The number of methoxy groups -OCH3 is 1. The Labute approximate surface area is 161 Å². The number of ether oxygens (including phenoxy) is 1. The molecular weight excluding hydrogens is 362 g/mol. The van der Waals surface area contributed by atoms with Crippen LogP contribution >= 0.6 is 0 Å². The zero-order chi connectivity index (χ0) is 19.3. The molecule has 0 saturated carbocycles. The highest BCUT2D eigenvalue weighted by Crippen LogP contribution is 2.22.